The average molecular weight is 270 g/mol. The first kappa shape index (κ1) is 14.2. The largest absolute Gasteiger partial charge is 0.143 e. The van der Waals surface area contributed by atoms with Crippen LogP contribution < -0.4 is 0 Å². The normalized spacial score (nSPS) is 11.0. The van der Waals surface area contributed by atoms with E-state index in [1.807, 2.05) is 6.07 Å². The Balaban J connectivity index is 2.50. The van der Waals surface area contributed by atoms with Crippen molar-refractivity contribution in [3.63, 3.8) is 0 Å². The minimum atomic E-state index is 0.537. The lowest BCUT2D eigenvalue weighted by molar-refractivity contribution is 0.856. The van der Waals surface area contributed by atoms with E-state index >= 15 is 0 Å². The van der Waals surface area contributed by atoms with Crippen molar-refractivity contribution < 1.29 is 0 Å². The summed E-state index contributed by atoms with van der Waals surface area (Å²) in [5.74, 6) is 0.537. The third kappa shape index (κ3) is 3.42. The van der Waals surface area contributed by atoms with Crippen molar-refractivity contribution in [1.29, 1.82) is 0 Å². The second-order valence-electron chi connectivity index (χ2n) is 5.38. The van der Waals surface area contributed by atoms with Crippen LogP contribution in [0.25, 0.3) is 11.1 Å². The molecule has 100 valence electrons. The van der Waals surface area contributed by atoms with Crippen molar-refractivity contribution in [2.24, 2.45) is 0 Å². The molecule has 0 saturated carbocycles. The smallest absolute Gasteiger partial charge is 0.00461 e. The molecule has 0 aliphatic heterocycles. The maximum atomic E-state index is 4.44. The minimum Gasteiger partial charge on any atom is -0.143 e. The molecule has 0 amide bonds. The number of benzene rings is 2. The Labute approximate surface area is 122 Å². The zero-order chi connectivity index (χ0) is 13.8. The molecule has 0 radical (unpaired) electrons. The van der Waals surface area contributed by atoms with Gasteiger partial charge in [-0.1, -0.05) is 57.5 Å². The van der Waals surface area contributed by atoms with Crippen molar-refractivity contribution in [2.45, 2.75) is 44.4 Å². The van der Waals surface area contributed by atoms with Gasteiger partial charge in [0.05, 0.1) is 0 Å². The molecule has 0 saturated heterocycles. The monoisotopic (exact) mass is 270 g/mol. The topological polar surface area (TPSA) is 0 Å². The van der Waals surface area contributed by atoms with Crippen LogP contribution in [0.2, 0.25) is 0 Å². The highest BCUT2D eigenvalue weighted by molar-refractivity contribution is 7.80. The fraction of sp³-hybridized carbons (Fsp3) is 0.333. The summed E-state index contributed by atoms with van der Waals surface area (Å²) in [6.07, 6.45) is 2.36. The van der Waals surface area contributed by atoms with E-state index in [4.69, 9.17) is 0 Å². The van der Waals surface area contributed by atoms with E-state index < -0.39 is 0 Å². The van der Waals surface area contributed by atoms with Crippen LogP contribution in [0.3, 0.4) is 0 Å². The summed E-state index contributed by atoms with van der Waals surface area (Å²) < 4.78 is 0. The third-order valence-corrected chi connectivity index (χ3v) is 3.71. The fourth-order valence-electron chi connectivity index (χ4n) is 2.47. The summed E-state index contributed by atoms with van der Waals surface area (Å²) in [4.78, 5) is 1.02. The van der Waals surface area contributed by atoms with Crippen LogP contribution in [-0.2, 0) is 6.42 Å². The maximum absolute atomic E-state index is 4.44. The number of rotatable bonds is 4. The van der Waals surface area contributed by atoms with Gasteiger partial charge in [-0.05, 0) is 46.7 Å². The second kappa shape index (κ2) is 6.29. The van der Waals surface area contributed by atoms with Gasteiger partial charge in [-0.2, -0.15) is 0 Å². The van der Waals surface area contributed by atoms with Crippen LogP contribution in [0.4, 0.5) is 0 Å². The van der Waals surface area contributed by atoms with Gasteiger partial charge in [0.1, 0.15) is 0 Å². The van der Waals surface area contributed by atoms with Crippen LogP contribution in [0.5, 0.6) is 0 Å². The van der Waals surface area contributed by atoms with E-state index in [0.29, 0.717) is 5.92 Å². The SMILES string of the molecule is CCCc1ccc(-c2cccc(S)c2)c(C(C)C)c1. The van der Waals surface area contributed by atoms with Gasteiger partial charge in [-0.15, -0.1) is 12.6 Å². The third-order valence-electron chi connectivity index (χ3n) is 3.43. The summed E-state index contributed by atoms with van der Waals surface area (Å²) in [6.45, 7) is 6.76. The van der Waals surface area contributed by atoms with Crippen LogP contribution in [0.15, 0.2) is 47.4 Å². The molecule has 0 aliphatic rings. The quantitative estimate of drug-likeness (QED) is 0.675. The van der Waals surface area contributed by atoms with Gasteiger partial charge in [-0.25, -0.2) is 0 Å². The molecular formula is C18H22S. The molecule has 0 spiro atoms. The standard InChI is InChI=1S/C18H22S/c1-4-6-14-9-10-17(18(11-14)13(2)3)15-7-5-8-16(19)12-15/h5,7-13,19H,4,6H2,1-3H3. The Kier molecular flexibility index (Phi) is 4.71. The van der Waals surface area contributed by atoms with Crippen molar-refractivity contribution in [3.05, 3.63) is 53.6 Å². The molecule has 0 unspecified atom stereocenters. The first-order valence-corrected chi connectivity index (χ1v) is 7.48. The van der Waals surface area contributed by atoms with E-state index in [1.54, 1.807) is 0 Å². The first-order valence-electron chi connectivity index (χ1n) is 7.04. The van der Waals surface area contributed by atoms with Gasteiger partial charge in [0.15, 0.2) is 0 Å². The van der Waals surface area contributed by atoms with Crippen LogP contribution in [0, 0.1) is 0 Å². The Morgan fingerprint density at radius 3 is 2.47 bits per heavy atom. The predicted molar refractivity (Wildman–Crippen MR) is 87.2 cm³/mol. The highest BCUT2D eigenvalue weighted by Gasteiger charge is 2.09. The summed E-state index contributed by atoms with van der Waals surface area (Å²) >= 11 is 4.44. The molecule has 19 heavy (non-hydrogen) atoms. The molecule has 2 aromatic carbocycles. The molecule has 0 aliphatic carbocycles. The lowest BCUT2D eigenvalue weighted by Gasteiger charge is -2.15. The molecule has 1 heteroatoms. The molecule has 0 atom stereocenters. The van der Waals surface area contributed by atoms with Gasteiger partial charge in [0.25, 0.3) is 0 Å². The van der Waals surface area contributed by atoms with Gasteiger partial charge in [0.2, 0.25) is 0 Å². The Morgan fingerprint density at radius 2 is 1.84 bits per heavy atom. The van der Waals surface area contributed by atoms with E-state index in [-0.39, 0.29) is 0 Å². The highest BCUT2D eigenvalue weighted by Crippen LogP contribution is 2.31. The summed E-state index contributed by atoms with van der Waals surface area (Å²) in [5, 5.41) is 0. The van der Waals surface area contributed by atoms with Crippen molar-refractivity contribution in [2.75, 3.05) is 0 Å². The Morgan fingerprint density at radius 1 is 1.05 bits per heavy atom. The molecule has 0 bridgehead atoms. The predicted octanol–water partition coefficient (Wildman–Crippen LogP) is 5.72. The zero-order valence-corrected chi connectivity index (χ0v) is 12.9. The summed E-state index contributed by atoms with van der Waals surface area (Å²) in [5.41, 5.74) is 5.48. The Hall–Kier alpha value is -1.21. The van der Waals surface area contributed by atoms with E-state index in [0.717, 1.165) is 11.3 Å². The highest BCUT2D eigenvalue weighted by atomic mass is 32.1. The van der Waals surface area contributed by atoms with Crippen LogP contribution >= 0.6 is 12.6 Å². The summed E-state index contributed by atoms with van der Waals surface area (Å²) in [6, 6.07) is 15.3. The summed E-state index contributed by atoms with van der Waals surface area (Å²) in [7, 11) is 0. The van der Waals surface area contributed by atoms with Crippen LogP contribution in [-0.4, -0.2) is 0 Å². The number of thiol groups is 1. The number of hydrogen-bond acceptors (Lipinski definition) is 1. The number of aryl methyl sites for hydroxylation is 1. The molecule has 0 nitrogen and oxygen atoms in total. The Bertz CT molecular complexity index is 555. The molecule has 0 fully saturated rings. The fourth-order valence-corrected chi connectivity index (χ4v) is 2.70. The molecule has 0 aromatic heterocycles. The second-order valence-corrected chi connectivity index (χ2v) is 5.89. The molecule has 2 rings (SSSR count). The van der Waals surface area contributed by atoms with Crippen molar-refractivity contribution in [3.8, 4) is 11.1 Å². The molecular weight excluding hydrogens is 248 g/mol. The van der Waals surface area contributed by atoms with E-state index in [1.165, 1.54) is 28.7 Å². The van der Waals surface area contributed by atoms with Gasteiger partial charge in [0, 0.05) is 4.90 Å². The van der Waals surface area contributed by atoms with Gasteiger partial charge < -0.3 is 0 Å². The van der Waals surface area contributed by atoms with E-state index in [2.05, 4.69) is 69.8 Å². The van der Waals surface area contributed by atoms with Crippen LogP contribution in [0.1, 0.15) is 44.2 Å². The first-order chi connectivity index (χ1) is 9.11. The lowest BCUT2D eigenvalue weighted by Crippen LogP contribution is -1.95. The van der Waals surface area contributed by atoms with Crippen molar-refractivity contribution in [1.82, 2.24) is 0 Å². The lowest BCUT2D eigenvalue weighted by atomic mass is 9.90. The number of hydrogen-bond donors (Lipinski definition) is 1. The molecule has 0 N–H and O–H groups in total. The zero-order valence-electron chi connectivity index (χ0n) is 12.0. The van der Waals surface area contributed by atoms with Gasteiger partial charge >= 0.3 is 0 Å². The molecule has 2 aromatic rings. The maximum Gasteiger partial charge on any atom is 0.00461 e. The molecule has 0 heterocycles. The average Bonchev–Trinajstić information content (AvgIpc) is 2.39. The van der Waals surface area contributed by atoms with E-state index in [9.17, 15) is 0 Å². The van der Waals surface area contributed by atoms with Gasteiger partial charge in [-0.3, -0.25) is 0 Å². The minimum absolute atomic E-state index is 0.537. The van der Waals surface area contributed by atoms with Crippen molar-refractivity contribution >= 4 is 12.6 Å².